The van der Waals surface area contributed by atoms with Gasteiger partial charge in [0.1, 0.15) is 11.6 Å². The zero-order valence-corrected chi connectivity index (χ0v) is 11.6. The third-order valence-corrected chi connectivity index (χ3v) is 3.89. The number of rotatable bonds is 3. The number of phenols is 1. The molecule has 114 valence electrons. The molecule has 0 saturated heterocycles. The second-order valence-corrected chi connectivity index (χ2v) is 5.26. The average Bonchev–Trinajstić information content (AvgIpc) is 2.87. The number of fused-ring (bicyclic) bond motifs is 1. The minimum absolute atomic E-state index is 0.103. The molecule has 1 aliphatic rings. The summed E-state index contributed by atoms with van der Waals surface area (Å²) in [7, 11) is 0. The fraction of sp³-hybridized carbons (Fsp3) is 0.267. The van der Waals surface area contributed by atoms with E-state index < -0.39 is 17.9 Å². The summed E-state index contributed by atoms with van der Waals surface area (Å²) in [6, 6.07) is 6.31. The molecule has 0 amide bonds. The molecule has 0 saturated carbocycles. The zero-order chi connectivity index (χ0) is 15.9. The van der Waals surface area contributed by atoms with E-state index in [1.165, 1.54) is 12.1 Å². The van der Waals surface area contributed by atoms with Gasteiger partial charge in [0.2, 0.25) is 0 Å². The molecule has 3 N–H and O–H groups in total. The Morgan fingerprint density at radius 2 is 1.86 bits per heavy atom. The van der Waals surface area contributed by atoms with E-state index in [0.717, 1.165) is 0 Å². The summed E-state index contributed by atoms with van der Waals surface area (Å²) in [5, 5.41) is 27.8. The normalized spacial score (nSPS) is 17.0. The van der Waals surface area contributed by atoms with Crippen LogP contribution in [0.25, 0.3) is 11.4 Å². The molecule has 7 heteroatoms. The maximum Gasteiger partial charge on any atom is 0.356 e. The Bertz CT molecular complexity index is 748. The largest absolute Gasteiger partial charge is 0.508 e. The molecule has 0 radical (unpaired) electrons. The molecule has 22 heavy (non-hydrogen) atoms. The monoisotopic (exact) mass is 302 g/mol. The highest BCUT2D eigenvalue weighted by molar-refractivity contribution is 5.88. The second kappa shape index (κ2) is 5.18. The van der Waals surface area contributed by atoms with E-state index in [4.69, 9.17) is 5.11 Å². The van der Waals surface area contributed by atoms with Crippen LogP contribution >= 0.6 is 0 Å². The van der Waals surface area contributed by atoms with Gasteiger partial charge in [-0.2, -0.15) is 0 Å². The lowest BCUT2D eigenvalue weighted by atomic mass is 9.95. The van der Waals surface area contributed by atoms with Crippen LogP contribution < -0.4 is 0 Å². The first-order valence-electron chi connectivity index (χ1n) is 6.82. The predicted molar refractivity (Wildman–Crippen MR) is 75.7 cm³/mol. The number of carbonyl (C=O) groups is 2. The summed E-state index contributed by atoms with van der Waals surface area (Å²) >= 11 is 0. The van der Waals surface area contributed by atoms with Crippen LogP contribution in [0.4, 0.5) is 0 Å². The van der Waals surface area contributed by atoms with Gasteiger partial charge in [-0.3, -0.25) is 4.79 Å². The number of aromatic hydroxyl groups is 1. The van der Waals surface area contributed by atoms with Crippen molar-refractivity contribution in [3.63, 3.8) is 0 Å². The molecule has 7 nitrogen and oxygen atoms in total. The molecule has 1 aromatic heterocycles. The van der Waals surface area contributed by atoms with Gasteiger partial charge in [0.25, 0.3) is 0 Å². The van der Waals surface area contributed by atoms with Crippen LogP contribution in [0.3, 0.4) is 0 Å². The number of imidazole rings is 1. The fourth-order valence-corrected chi connectivity index (χ4v) is 2.77. The first-order chi connectivity index (χ1) is 10.5. The third kappa shape index (κ3) is 2.30. The fourth-order valence-electron chi connectivity index (χ4n) is 2.77. The Morgan fingerprint density at radius 1 is 1.18 bits per heavy atom. The van der Waals surface area contributed by atoms with Gasteiger partial charge in [0.15, 0.2) is 5.69 Å². The number of carboxylic acids is 2. The van der Waals surface area contributed by atoms with E-state index in [0.29, 0.717) is 30.0 Å². The highest BCUT2D eigenvalue weighted by Gasteiger charge is 2.31. The van der Waals surface area contributed by atoms with Gasteiger partial charge in [0, 0.05) is 18.5 Å². The molecule has 1 aliphatic heterocycles. The number of phenolic OH excluding ortho intramolecular Hbond substituents is 1. The molecular formula is C15H14N2O5. The highest BCUT2D eigenvalue weighted by Crippen LogP contribution is 2.30. The topological polar surface area (TPSA) is 113 Å². The van der Waals surface area contributed by atoms with Gasteiger partial charge in [-0.1, -0.05) is 0 Å². The van der Waals surface area contributed by atoms with E-state index in [1.807, 2.05) is 0 Å². The van der Waals surface area contributed by atoms with E-state index in [2.05, 4.69) is 4.98 Å². The highest BCUT2D eigenvalue weighted by atomic mass is 16.4. The van der Waals surface area contributed by atoms with Crippen LogP contribution in [0.5, 0.6) is 5.75 Å². The Kier molecular flexibility index (Phi) is 3.32. The van der Waals surface area contributed by atoms with Crippen molar-refractivity contribution < 1.29 is 24.9 Å². The third-order valence-electron chi connectivity index (χ3n) is 3.89. The van der Waals surface area contributed by atoms with Gasteiger partial charge < -0.3 is 19.9 Å². The Labute approximate surface area is 125 Å². The summed E-state index contributed by atoms with van der Waals surface area (Å²) in [4.78, 5) is 26.7. The van der Waals surface area contributed by atoms with E-state index in [-0.39, 0.29) is 17.9 Å². The summed E-state index contributed by atoms with van der Waals surface area (Å²) in [6.45, 7) is 0.406. The lowest BCUT2D eigenvalue weighted by Crippen LogP contribution is -2.26. The first-order valence-corrected chi connectivity index (χ1v) is 6.82. The number of hydrogen-bond donors (Lipinski definition) is 3. The van der Waals surface area contributed by atoms with Crippen molar-refractivity contribution in [2.24, 2.45) is 5.92 Å². The first kappa shape index (κ1) is 14.1. The molecule has 0 spiro atoms. The summed E-state index contributed by atoms with van der Waals surface area (Å²) in [5.74, 6) is -2.08. The quantitative estimate of drug-likeness (QED) is 0.793. The number of carboxylic acid groups (broad SMARTS) is 2. The number of aromatic carboxylic acids is 1. The van der Waals surface area contributed by atoms with Crippen molar-refractivity contribution >= 4 is 11.9 Å². The molecule has 2 heterocycles. The molecule has 1 atom stereocenters. The van der Waals surface area contributed by atoms with Crippen molar-refractivity contribution in [1.29, 1.82) is 0 Å². The van der Waals surface area contributed by atoms with Crippen molar-refractivity contribution in [3.8, 4) is 17.1 Å². The SMILES string of the molecule is O=C(O)c1nc(-c2ccc(O)cc2)n2c1CC(C(=O)O)CC2. The van der Waals surface area contributed by atoms with Crippen molar-refractivity contribution in [1.82, 2.24) is 9.55 Å². The summed E-state index contributed by atoms with van der Waals surface area (Å²) < 4.78 is 1.76. The maximum atomic E-state index is 11.4. The number of hydrogen-bond acceptors (Lipinski definition) is 4. The second-order valence-electron chi connectivity index (χ2n) is 5.26. The zero-order valence-electron chi connectivity index (χ0n) is 11.6. The van der Waals surface area contributed by atoms with Crippen molar-refractivity contribution in [2.45, 2.75) is 19.4 Å². The van der Waals surface area contributed by atoms with Crippen LogP contribution in [-0.4, -0.2) is 36.8 Å². The Hall–Kier alpha value is -2.83. The lowest BCUT2D eigenvalue weighted by Gasteiger charge is -2.22. The molecule has 3 rings (SSSR count). The van der Waals surface area contributed by atoms with Crippen LogP contribution in [0.1, 0.15) is 22.6 Å². The molecule has 0 bridgehead atoms. The van der Waals surface area contributed by atoms with E-state index in [1.54, 1.807) is 16.7 Å². The van der Waals surface area contributed by atoms with Gasteiger partial charge in [0.05, 0.1) is 11.6 Å². The molecule has 0 fully saturated rings. The smallest absolute Gasteiger partial charge is 0.356 e. The van der Waals surface area contributed by atoms with E-state index in [9.17, 15) is 19.8 Å². The maximum absolute atomic E-state index is 11.4. The minimum atomic E-state index is -1.17. The molecule has 1 aromatic carbocycles. The van der Waals surface area contributed by atoms with Crippen LogP contribution in [-0.2, 0) is 17.8 Å². The molecular weight excluding hydrogens is 288 g/mol. The molecule has 1 unspecified atom stereocenters. The standard InChI is InChI=1S/C15H14N2O5/c18-10-3-1-8(2-4-10)13-16-12(15(21)22)11-7-9(14(19)20)5-6-17(11)13/h1-4,9,18H,5-7H2,(H,19,20)(H,21,22). The van der Waals surface area contributed by atoms with Gasteiger partial charge in [-0.25, -0.2) is 9.78 Å². The van der Waals surface area contributed by atoms with Crippen molar-refractivity contribution in [3.05, 3.63) is 35.7 Å². The van der Waals surface area contributed by atoms with E-state index >= 15 is 0 Å². The Morgan fingerprint density at radius 3 is 2.45 bits per heavy atom. The minimum Gasteiger partial charge on any atom is -0.508 e. The van der Waals surface area contributed by atoms with Gasteiger partial charge in [-0.05, 0) is 30.7 Å². The molecule has 0 aliphatic carbocycles. The number of benzene rings is 1. The number of aliphatic carboxylic acids is 1. The number of nitrogens with zero attached hydrogens (tertiary/aromatic N) is 2. The summed E-state index contributed by atoms with van der Waals surface area (Å²) in [6.07, 6.45) is 0.588. The van der Waals surface area contributed by atoms with Gasteiger partial charge in [-0.15, -0.1) is 0 Å². The van der Waals surface area contributed by atoms with Crippen LogP contribution in [0.2, 0.25) is 0 Å². The predicted octanol–water partition coefficient (Wildman–Crippen LogP) is 1.60. The van der Waals surface area contributed by atoms with Crippen LogP contribution in [0, 0.1) is 5.92 Å². The Balaban J connectivity index is 2.10. The lowest BCUT2D eigenvalue weighted by molar-refractivity contribution is -0.142. The average molecular weight is 302 g/mol. The van der Waals surface area contributed by atoms with Crippen LogP contribution in [0.15, 0.2) is 24.3 Å². The molecule has 2 aromatic rings. The number of aromatic nitrogens is 2. The van der Waals surface area contributed by atoms with Gasteiger partial charge >= 0.3 is 11.9 Å². The summed E-state index contributed by atoms with van der Waals surface area (Å²) in [5.41, 5.74) is 1.02. The van der Waals surface area contributed by atoms with Crippen molar-refractivity contribution in [2.75, 3.05) is 0 Å².